The van der Waals surface area contributed by atoms with E-state index in [4.69, 9.17) is 4.74 Å². The lowest BCUT2D eigenvalue weighted by atomic mass is 10.0. The fraction of sp³-hybridized carbons (Fsp3) is 0.471. The Morgan fingerprint density at radius 3 is 2.59 bits per heavy atom. The number of carbonyl (C=O) groups excluding carboxylic acids is 3. The van der Waals surface area contributed by atoms with Crippen molar-refractivity contribution in [1.29, 1.82) is 0 Å². The summed E-state index contributed by atoms with van der Waals surface area (Å²) in [5.41, 5.74) is 0.945. The molecule has 0 saturated heterocycles. The van der Waals surface area contributed by atoms with Crippen LogP contribution < -0.4 is 5.32 Å². The molecule has 0 fully saturated rings. The Bertz CT molecular complexity index is 473. The maximum atomic E-state index is 11.5. The minimum atomic E-state index is -0.508. The first-order chi connectivity index (χ1) is 10.6. The predicted octanol–water partition coefficient (Wildman–Crippen LogP) is 2.88. The van der Waals surface area contributed by atoms with Crippen molar-refractivity contribution in [3.63, 3.8) is 0 Å². The van der Waals surface area contributed by atoms with Crippen molar-refractivity contribution in [3.05, 3.63) is 35.9 Å². The van der Waals surface area contributed by atoms with E-state index in [2.05, 4.69) is 5.32 Å². The van der Waals surface area contributed by atoms with Gasteiger partial charge in [-0.25, -0.2) is 4.79 Å². The van der Waals surface area contributed by atoms with Crippen LogP contribution in [-0.2, 0) is 20.9 Å². The highest BCUT2D eigenvalue weighted by Gasteiger charge is 2.10. The number of Topliss-reactive ketones (excluding diaryl/α,β-unsaturated/α-hetero) is 1. The molecule has 0 spiro atoms. The molecule has 1 rings (SSSR count). The fourth-order valence-corrected chi connectivity index (χ4v) is 1.87. The van der Waals surface area contributed by atoms with Crippen LogP contribution in [0.4, 0.5) is 4.79 Å². The molecule has 120 valence electrons. The zero-order valence-corrected chi connectivity index (χ0v) is 12.9. The fourth-order valence-electron chi connectivity index (χ4n) is 1.87. The van der Waals surface area contributed by atoms with Crippen LogP contribution in [0.3, 0.4) is 0 Å². The Morgan fingerprint density at radius 1 is 1.18 bits per heavy atom. The van der Waals surface area contributed by atoms with Gasteiger partial charge in [-0.15, -0.1) is 0 Å². The molecule has 0 aliphatic rings. The number of rotatable bonds is 10. The van der Waals surface area contributed by atoms with E-state index in [0.29, 0.717) is 19.3 Å². The first-order valence-electron chi connectivity index (χ1n) is 7.56. The molecule has 1 unspecified atom stereocenters. The molecule has 0 aromatic heterocycles. The molecule has 1 aromatic carbocycles. The van der Waals surface area contributed by atoms with Gasteiger partial charge in [0, 0.05) is 13.0 Å². The van der Waals surface area contributed by atoms with Gasteiger partial charge >= 0.3 is 6.09 Å². The monoisotopic (exact) mass is 305 g/mol. The summed E-state index contributed by atoms with van der Waals surface area (Å²) in [7, 11) is 0. The van der Waals surface area contributed by atoms with E-state index in [0.717, 1.165) is 24.8 Å². The first-order valence-corrected chi connectivity index (χ1v) is 7.56. The smallest absolute Gasteiger partial charge is 0.407 e. The Morgan fingerprint density at radius 2 is 1.91 bits per heavy atom. The second kappa shape index (κ2) is 10.5. The molecule has 0 radical (unpaired) electrons. The molecule has 0 saturated carbocycles. The van der Waals surface area contributed by atoms with E-state index in [1.54, 1.807) is 6.92 Å². The van der Waals surface area contributed by atoms with Crippen LogP contribution in [-0.4, -0.2) is 24.7 Å². The van der Waals surface area contributed by atoms with Crippen molar-refractivity contribution in [2.24, 2.45) is 5.92 Å². The third-order valence-electron chi connectivity index (χ3n) is 3.29. The molecule has 1 amide bonds. The Labute approximate surface area is 131 Å². The van der Waals surface area contributed by atoms with Crippen LogP contribution in [0.2, 0.25) is 0 Å². The normalized spacial score (nSPS) is 11.5. The van der Waals surface area contributed by atoms with E-state index in [1.165, 1.54) is 0 Å². The average Bonchev–Trinajstić information content (AvgIpc) is 2.56. The quantitative estimate of drug-likeness (QED) is 0.410. The van der Waals surface area contributed by atoms with Crippen molar-refractivity contribution >= 4 is 18.2 Å². The molecule has 0 heterocycles. The number of aldehydes is 1. The Hall–Kier alpha value is -2.17. The Kier molecular flexibility index (Phi) is 8.57. The zero-order valence-electron chi connectivity index (χ0n) is 12.9. The second-order valence-electron chi connectivity index (χ2n) is 5.19. The number of amides is 1. The second-order valence-corrected chi connectivity index (χ2v) is 5.19. The molecule has 5 heteroatoms. The van der Waals surface area contributed by atoms with Gasteiger partial charge in [0.05, 0.1) is 5.92 Å². The van der Waals surface area contributed by atoms with Gasteiger partial charge in [-0.05, 0) is 25.3 Å². The summed E-state index contributed by atoms with van der Waals surface area (Å²) in [6, 6.07) is 9.48. The van der Waals surface area contributed by atoms with Gasteiger partial charge in [-0.3, -0.25) is 4.79 Å². The summed E-state index contributed by atoms with van der Waals surface area (Å²) >= 11 is 0. The van der Waals surface area contributed by atoms with E-state index in [-0.39, 0.29) is 12.4 Å². The van der Waals surface area contributed by atoms with Gasteiger partial charge in [0.15, 0.2) is 0 Å². The lowest BCUT2D eigenvalue weighted by molar-refractivity contribution is -0.126. The van der Waals surface area contributed by atoms with Crippen LogP contribution in [0.25, 0.3) is 0 Å². The number of alkyl carbamates (subject to hydrolysis) is 1. The maximum absolute atomic E-state index is 11.5. The van der Waals surface area contributed by atoms with Crippen LogP contribution in [0, 0.1) is 5.92 Å². The Balaban J connectivity index is 2.01. The molecule has 0 aliphatic carbocycles. The number of nitrogens with one attached hydrogen (secondary N) is 1. The number of unbranched alkanes of at least 4 members (excludes halogenated alkanes) is 2. The van der Waals surface area contributed by atoms with Gasteiger partial charge in [0.1, 0.15) is 18.7 Å². The summed E-state index contributed by atoms with van der Waals surface area (Å²) < 4.78 is 5.08. The molecule has 0 bridgehead atoms. The third kappa shape index (κ3) is 7.57. The standard InChI is InChI=1S/C17H23NO4/c1-14(12-19)16(20)10-6-3-7-11-18-17(21)22-13-15-8-4-2-5-9-15/h2,4-5,8-9,12,14H,3,6-7,10-11,13H2,1H3,(H,18,21). The van der Waals surface area contributed by atoms with Gasteiger partial charge in [-0.1, -0.05) is 36.8 Å². The summed E-state index contributed by atoms with van der Waals surface area (Å²) in [6.07, 6.45) is 3.00. The van der Waals surface area contributed by atoms with Crippen LogP contribution >= 0.6 is 0 Å². The number of ether oxygens (including phenoxy) is 1. The topological polar surface area (TPSA) is 72.5 Å². The molecule has 0 aliphatic heterocycles. The van der Waals surface area contributed by atoms with Crippen LogP contribution in [0.1, 0.15) is 38.2 Å². The molecule has 1 aromatic rings. The minimum absolute atomic E-state index is 0.0229. The van der Waals surface area contributed by atoms with Gasteiger partial charge in [0.2, 0.25) is 0 Å². The van der Waals surface area contributed by atoms with Crippen LogP contribution in [0.15, 0.2) is 30.3 Å². The highest BCUT2D eigenvalue weighted by molar-refractivity contribution is 5.92. The number of ketones is 1. The molecule has 22 heavy (non-hydrogen) atoms. The SMILES string of the molecule is CC(C=O)C(=O)CCCCCNC(=O)OCc1ccccc1. The van der Waals surface area contributed by atoms with E-state index >= 15 is 0 Å². The molecule has 1 atom stereocenters. The minimum Gasteiger partial charge on any atom is -0.445 e. The molecule has 1 N–H and O–H groups in total. The number of carbonyl (C=O) groups is 3. The lowest BCUT2D eigenvalue weighted by Gasteiger charge is -2.07. The molecular weight excluding hydrogens is 282 g/mol. The maximum Gasteiger partial charge on any atom is 0.407 e. The van der Waals surface area contributed by atoms with Crippen molar-refractivity contribution in [2.75, 3.05) is 6.54 Å². The predicted molar refractivity (Wildman–Crippen MR) is 83.3 cm³/mol. The van der Waals surface area contributed by atoms with Crippen LogP contribution in [0.5, 0.6) is 0 Å². The van der Waals surface area contributed by atoms with Crippen molar-refractivity contribution in [1.82, 2.24) is 5.32 Å². The molecule has 5 nitrogen and oxygen atoms in total. The number of hydrogen-bond donors (Lipinski definition) is 1. The number of hydrogen-bond acceptors (Lipinski definition) is 4. The highest BCUT2D eigenvalue weighted by Crippen LogP contribution is 2.05. The van der Waals surface area contributed by atoms with E-state index < -0.39 is 12.0 Å². The summed E-state index contributed by atoms with van der Waals surface area (Å²) in [5.74, 6) is -0.531. The average molecular weight is 305 g/mol. The number of benzene rings is 1. The van der Waals surface area contributed by atoms with E-state index in [9.17, 15) is 14.4 Å². The summed E-state index contributed by atoms with van der Waals surface area (Å²) in [4.78, 5) is 33.3. The lowest BCUT2D eigenvalue weighted by Crippen LogP contribution is -2.25. The van der Waals surface area contributed by atoms with Crippen molar-refractivity contribution in [3.8, 4) is 0 Å². The van der Waals surface area contributed by atoms with Crippen molar-refractivity contribution in [2.45, 2.75) is 39.2 Å². The van der Waals surface area contributed by atoms with Crippen molar-refractivity contribution < 1.29 is 19.1 Å². The van der Waals surface area contributed by atoms with Gasteiger partial charge in [0.25, 0.3) is 0 Å². The first kappa shape index (κ1) is 17.9. The largest absolute Gasteiger partial charge is 0.445 e. The molecular formula is C17H23NO4. The van der Waals surface area contributed by atoms with Gasteiger partial charge in [-0.2, -0.15) is 0 Å². The summed E-state index contributed by atoms with van der Waals surface area (Å²) in [5, 5.41) is 2.67. The highest BCUT2D eigenvalue weighted by atomic mass is 16.5. The van der Waals surface area contributed by atoms with E-state index in [1.807, 2.05) is 30.3 Å². The van der Waals surface area contributed by atoms with Gasteiger partial charge < -0.3 is 14.8 Å². The third-order valence-corrected chi connectivity index (χ3v) is 3.29. The summed E-state index contributed by atoms with van der Waals surface area (Å²) in [6.45, 7) is 2.38. The zero-order chi connectivity index (χ0) is 16.2.